The lowest BCUT2D eigenvalue weighted by atomic mass is 10.3. The zero-order chi connectivity index (χ0) is 14.6. The number of imidazole rings is 1. The smallest absolute Gasteiger partial charge is 0.380 e. The number of aromatic nitrogens is 4. The van der Waals surface area contributed by atoms with Crippen molar-refractivity contribution in [2.24, 2.45) is 0 Å². The molecule has 0 amide bonds. The fourth-order valence-corrected chi connectivity index (χ4v) is 1.96. The topological polar surface area (TPSA) is 156 Å². The number of nitrogens with two attached hydrogens (primary N) is 1. The Morgan fingerprint density at radius 2 is 2.25 bits per heavy atom. The second-order valence-corrected chi connectivity index (χ2v) is 5.68. The molecule has 0 bridgehead atoms. The first-order valence-corrected chi connectivity index (χ1v) is 7.46. The average Bonchev–Trinajstić information content (AvgIpc) is 2.87. The van der Waals surface area contributed by atoms with Gasteiger partial charge in [-0.05, 0) is 6.42 Å². The van der Waals surface area contributed by atoms with Gasteiger partial charge in [-0.1, -0.05) is 0 Å². The van der Waals surface area contributed by atoms with Crippen molar-refractivity contribution in [3.8, 4) is 0 Å². The summed E-state index contributed by atoms with van der Waals surface area (Å²) >= 11 is 0. The van der Waals surface area contributed by atoms with Gasteiger partial charge in [0.15, 0.2) is 17.8 Å². The third kappa shape index (κ3) is 3.71. The highest BCUT2D eigenvalue weighted by Crippen LogP contribution is 2.40. The lowest BCUT2D eigenvalue weighted by molar-refractivity contribution is -0.149. The number of nitrogens with zero attached hydrogens (tertiary/aromatic N) is 3. The molecule has 0 aliphatic carbocycles. The average molecular weight is 303 g/mol. The van der Waals surface area contributed by atoms with Crippen LogP contribution in [0.15, 0.2) is 6.33 Å². The molecule has 2 rings (SSSR count). The zero-order valence-corrected chi connectivity index (χ0v) is 11.3. The van der Waals surface area contributed by atoms with Crippen molar-refractivity contribution in [1.29, 1.82) is 0 Å². The third-order valence-corrected chi connectivity index (χ3v) is 3.20. The normalized spacial score (nSPS) is 14.5. The van der Waals surface area contributed by atoms with Crippen LogP contribution in [0.5, 0.6) is 0 Å². The summed E-state index contributed by atoms with van der Waals surface area (Å²) in [5.74, 6) is 0.827. The van der Waals surface area contributed by atoms with Gasteiger partial charge < -0.3 is 20.3 Å². The molecule has 2 heterocycles. The predicted octanol–water partition coefficient (Wildman–Crippen LogP) is 0.517. The van der Waals surface area contributed by atoms with Crippen molar-refractivity contribution in [2.75, 3.05) is 18.7 Å². The number of hydrogen-bond donors (Lipinski definition) is 4. The second-order valence-electron chi connectivity index (χ2n) is 3.99. The first-order chi connectivity index (χ1) is 9.52. The Kier molecular flexibility index (Phi) is 4.63. The van der Waals surface area contributed by atoms with E-state index in [9.17, 15) is 4.57 Å². The lowest BCUT2D eigenvalue weighted by Gasteiger charge is -2.07. The largest absolute Gasteiger partial charge is 0.382 e. The van der Waals surface area contributed by atoms with Crippen LogP contribution in [0.3, 0.4) is 0 Å². The van der Waals surface area contributed by atoms with E-state index in [1.54, 1.807) is 0 Å². The van der Waals surface area contributed by atoms with Crippen molar-refractivity contribution in [3.63, 3.8) is 0 Å². The van der Waals surface area contributed by atoms with Crippen molar-refractivity contribution < 1.29 is 24.1 Å². The zero-order valence-electron chi connectivity index (χ0n) is 10.4. The third-order valence-electron chi connectivity index (χ3n) is 2.43. The Balaban J connectivity index is 1.83. The predicted molar refractivity (Wildman–Crippen MR) is 68.8 cm³/mol. The molecule has 10 nitrogen and oxygen atoms in total. The molecule has 110 valence electrons. The Labute approximate surface area is 113 Å². The Hall–Kier alpha value is -1.58. The van der Waals surface area contributed by atoms with E-state index < -0.39 is 13.9 Å². The van der Waals surface area contributed by atoms with Gasteiger partial charge in [0, 0.05) is 13.0 Å². The van der Waals surface area contributed by atoms with E-state index in [1.165, 1.54) is 6.33 Å². The number of nitrogen functional groups attached to an aromatic ring is 1. The molecule has 5 N–H and O–H groups in total. The molecule has 20 heavy (non-hydrogen) atoms. The highest BCUT2D eigenvalue weighted by atomic mass is 31.2. The molecule has 0 aromatic carbocycles. The first kappa shape index (κ1) is 14.8. The van der Waals surface area contributed by atoms with E-state index in [-0.39, 0.29) is 6.61 Å². The van der Waals surface area contributed by atoms with Crippen molar-refractivity contribution in [2.45, 2.75) is 12.8 Å². The summed E-state index contributed by atoms with van der Waals surface area (Å²) in [6.45, 7) is 0.190. The van der Waals surface area contributed by atoms with Gasteiger partial charge >= 0.3 is 7.60 Å². The summed E-state index contributed by atoms with van der Waals surface area (Å²) in [6.07, 6.45) is 1.89. The molecule has 0 radical (unpaired) electrons. The number of aromatic amines is 1. The van der Waals surface area contributed by atoms with Crippen LogP contribution in [0, 0.1) is 0 Å². The Morgan fingerprint density at radius 3 is 3.00 bits per heavy atom. The number of aryl methyl sites for hydroxylation is 1. The van der Waals surface area contributed by atoms with Crippen molar-refractivity contribution in [3.05, 3.63) is 12.2 Å². The molecule has 0 saturated heterocycles. The van der Waals surface area contributed by atoms with Crippen LogP contribution in [0.1, 0.15) is 12.2 Å². The number of fused-ring (bicyclic) bond motifs is 1. The second kappa shape index (κ2) is 6.25. The van der Waals surface area contributed by atoms with Gasteiger partial charge in [-0.2, -0.15) is 4.67 Å². The molecule has 11 heteroatoms. The van der Waals surface area contributed by atoms with E-state index in [2.05, 4.69) is 24.6 Å². The van der Waals surface area contributed by atoms with Crippen LogP contribution in [-0.4, -0.2) is 43.0 Å². The standard InChI is InChI=1S/C9H14N5O5P/c10-8-7-9(12-4-11-7)14-6(13-8)2-1-3-18-5-20(16,17)19-15/h4,15H,1-3,5H2,(H,16,17)(H3,10,11,12,13,14). The molecule has 2 aromatic rings. The van der Waals surface area contributed by atoms with Gasteiger partial charge in [0.1, 0.15) is 11.3 Å². The molecule has 0 spiro atoms. The van der Waals surface area contributed by atoms with Crippen LogP contribution < -0.4 is 5.73 Å². The van der Waals surface area contributed by atoms with Gasteiger partial charge in [-0.3, -0.25) is 4.57 Å². The maximum Gasteiger partial charge on any atom is 0.380 e. The minimum absolute atomic E-state index is 0.190. The maximum absolute atomic E-state index is 10.9. The first-order valence-electron chi connectivity index (χ1n) is 5.70. The number of anilines is 1. The molecule has 0 aliphatic heterocycles. The summed E-state index contributed by atoms with van der Waals surface area (Å²) in [7, 11) is -4.05. The van der Waals surface area contributed by atoms with E-state index in [0.717, 1.165) is 0 Å². The van der Waals surface area contributed by atoms with Gasteiger partial charge in [0.25, 0.3) is 0 Å². The summed E-state index contributed by atoms with van der Waals surface area (Å²) in [6, 6.07) is 0. The minimum atomic E-state index is -4.05. The van der Waals surface area contributed by atoms with Gasteiger partial charge in [0.2, 0.25) is 0 Å². The number of nitrogens with one attached hydrogen (secondary N) is 1. The Bertz CT molecular complexity index is 632. The lowest BCUT2D eigenvalue weighted by Crippen LogP contribution is -2.04. The molecule has 1 unspecified atom stereocenters. The van der Waals surface area contributed by atoms with Crippen LogP contribution >= 0.6 is 7.60 Å². The summed E-state index contributed by atoms with van der Waals surface area (Å²) in [4.78, 5) is 24.0. The van der Waals surface area contributed by atoms with Crippen LogP contribution in [-0.2, 0) is 20.4 Å². The minimum Gasteiger partial charge on any atom is -0.382 e. The quantitative estimate of drug-likeness (QED) is 0.247. The molecular formula is C9H14N5O5P. The molecule has 1 atom stereocenters. The van der Waals surface area contributed by atoms with E-state index in [1.807, 2.05) is 0 Å². The number of rotatable bonds is 7. The molecule has 0 saturated carbocycles. The van der Waals surface area contributed by atoms with E-state index in [0.29, 0.717) is 35.6 Å². The fraction of sp³-hybridized carbons (Fsp3) is 0.444. The summed E-state index contributed by atoms with van der Waals surface area (Å²) < 4.78 is 19.2. The highest BCUT2D eigenvalue weighted by molar-refractivity contribution is 7.52. The van der Waals surface area contributed by atoms with Crippen LogP contribution in [0.2, 0.25) is 0 Å². The maximum atomic E-state index is 10.9. The van der Waals surface area contributed by atoms with Crippen LogP contribution in [0.4, 0.5) is 5.82 Å². The number of ether oxygens (including phenoxy) is 1. The van der Waals surface area contributed by atoms with Gasteiger partial charge in [-0.25, -0.2) is 20.2 Å². The summed E-state index contributed by atoms with van der Waals surface area (Å²) in [5, 5.41) is 8.10. The molecule has 0 aliphatic rings. The van der Waals surface area contributed by atoms with Crippen LogP contribution in [0.25, 0.3) is 11.2 Å². The monoisotopic (exact) mass is 303 g/mol. The van der Waals surface area contributed by atoms with E-state index >= 15 is 0 Å². The van der Waals surface area contributed by atoms with Crippen molar-refractivity contribution in [1.82, 2.24) is 19.9 Å². The molecule has 0 fully saturated rings. The fourth-order valence-electron chi connectivity index (χ4n) is 1.55. The Morgan fingerprint density at radius 1 is 1.45 bits per heavy atom. The molecular weight excluding hydrogens is 289 g/mol. The SMILES string of the molecule is Nc1nc(CCCOCP(=O)(O)OO)nc2nc[nH]c12. The van der Waals surface area contributed by atoms with Gasteiger partial charge in [-0.15, -0.1) is 0 Å². The number of hydrogen-bond acceptors (Lipinski definition) is 8. The van der Waals surface area contributed by atoms with Gasteiger partial charge in [0.05, 0.1) is 6.33 Å². The summed E-state index contributed by atoms with van der Waals surface area (Å²) in [5.41, 5.74) is 6.82. The number of H-pyrrole nitrogens is 1. The highest BCUT2D eigenvalue weighted by Gasteiger charge is 2.18. The van der Waals surface area contributed by atoms with Crippen molar-refractivity contribution >= 4 is 24.6 Å². The van der Waals surface area contributed by atoms with E-state index in [4.69, 9.17) is 20.6 Å². The molecule has 2 aromatic heterocycles.